The van der Waals surface area contributed by atoms with Crippen LogP contribution in [0.15, 0.2) is 79.1 Å². The number of nitrogens with zero attached hydrogens (tertiary/aromatic N) is 3. The lowest BCUT2D eigenvalue weighted by atomic mass is 9.87. The summed E-state index contributed by atoms with van der Waals surface area (Å²) in [6.07, 6.45) is 1.36. The van der Waals surface area contributed by atoms with Crippen LogP contribution in [-0.4, -0.2) is 66.1 Å². The van der Waals surface area contributed by atoms with Crippen molar-refractivity contribution in [2.45, 2.75) is 26.2 Å². The molecular formula is C34H40N8O3. The molecule has 1 saturated heterocycles. The molecule has 45 heavy (non-hydrogen) atoms. The Morgan fingerprint density at radius 2 is 1.51 bits per heavy atom. The maximum absolute atomic E-state index is 12.6. The van der Waals surface area contributed by atoms with E-state index in [1.807, 2.05) is 60.7 Å². The van der Waals surface area contributed by atoms with Crippen molar-refractivity contribution < 1.29 is 14.3 Å². The van der Waals surface area contributed by atoms with Crippen LogP contribution < -0.4 is 26.4 Å². The van der Waals surface area contributed by atoms with Crippen LogP contribution in [0, 0.1) is 5.41 Å². The number of amides is 2. The van der Waals surface area contributed by atoms with Crippen molar-refractivity contribution in [2.24, 2.45) is 0 Å². The molecule has 0 aliphatic carbocycles. The van der Waals surface area contributed by atoms with E-state index >= 15 is 0 Å². The summed E-state index contributed by atoms with van der Waals surface area (Å²) in [5.41, 5.74) is 10.7. The molecule has 11 heteroatoms. The molecule has 0 atom stereocenters. The Morgan fingerprint density at radius 1 is 0.911 bits per heavy atom. The van der Waals surface area contributed by atoms with Gasteiger partial charge in [0.25, 0.3) is 0 Å². The summed E-state index contributed by atoms with van der Waals surface area (Å²) in [6, 6.07) is 22.0. The monoisotopic (exact) mass is 608 g/mol. The van der Waals surface area contributed by atoms with E-state index < -0.39 is 0 Å². The summed E-state index contributed by atoms with van der Waals surface area (Å²) in [5.74, 6) is 1.32. The largest absolute Gasteiger partial charge is 0.492 e. The normalized spacial score (nSPS) is 13.6. The Bertz CT molecular complexity index is 1600. The van der Waals surface area contributed by atoms with Gasteiger partial charge in [0.15, 0.2) is 0 Å². The molecule has 1 fully saturated rings. The summed E-state index contributed by atoms with van der Waals surface area (Å²) in [6.45, 7) is 11.2. The molecular weight excluding hydrogens is 568 g/mol. The molecule has 1 aliphatic heterocycles. The zero-order valence-electron chi connectivity index (χ0n) is 25.9. The molecule has 0 bridgehead atoms. The zero-order chi connectivity index (χ0) is 31.8. The van der Waals surface area contributed by atoms with Gasteiger partial charge in [0.2, 0.25) is 0 Å². The third-order valence-corrected chi connectivity index (χ3v) is 7.46. The Balaban J connectivity index is 1.18. The van der Waals surface area contributed by atoms with Crippen LogP contribution in [0.5, 0.6) is 5.75 Å². The Morgan fingerprint density at radius 3 is 2.13 bits per heavy atom. The van der Waals surface area contributed by atoms with Gasteiger partial charge in [-0.3, -0.25) is 10.3 Å². The summed E-state index contributed by atoms with van der Waals surface area (Å²) < 4.78 is 11.3. The van der Waals surface area contributed by atoms with Gasteiger partial charge in [0.1, 0.15) is 30.3 Å². The van der Waals surface area contributed by atoms with E-state index in [1.54, 1.807) is 12.1 Å². The lowest BCUT2D eigenvalue weighted by molar-refractivity contribution is 0.0322. The zero-order valence-corrected chi connectivity index (χ0v) is 25.9. The third kappa shape index (κ3) is 8.55. The van der Waals surface area contributed by atoms with E-state index in [0.29, 0.717) is 40.6 Å². The summed E-state index contributed by atoms with van der Waals surface area (Å²) in [5, 5.41) is 17.8. The second kappa shape index (κ2) is 14.2. The van der Waals surface area contributed by atoms with E-state index in [4.69, 9.17) is 20.6 Å². The first kappa shape index (κ1) is 31.4. The number of urea groups is 1. The van der Waals surface area contributed by atoms with E-state index in [-0.39, 0.29) is 23.0 Å². The highest BCUT2D eigenvalue weighted by molar-refractivity contribution is 6.16. The molecule has 0 saturated carbocycles. The van der Waals surface area contributed by atoms with E-state index in [0.717, 1.165) is 38.6 Å². The molecule has 0 unspecified atom stereocenters. The molecule has 0 radical (unpaired) electrons. The predicted octanol–water partition coefficient (Wildman–Crippen LogP) is 5.87. The van der Waals surface area contributed by atoms with Gasteiger partial charge in [-0.1, -0.05) is 32.9 Å². The van der Waals surface area contributed by atoms with Crippen molar-refractivity contribution in [2.75, 3.05) is 61.1 Å². The number of hydrogen-bond acceptors (Lipinski definition) is 9. The number of morpholine rings is 1. The van der Waals surface area contributed by atoms with Crippen molar-refractivity contribution in [1.82, 2.24) is 14.9 Å². The molecule has 0 spiro atoms. The first-order chi connectivity index (χ1) is 21.7. The van der Waals surface area contributed by atoms with Gasteiger partial charge in [-0.25, -0.2) is 14.8 Å². The van der Waals surface area contributed by atoms with Crippen molar-refractivity contribution >= 4 is 40.4 Å². The molecule has 6 N–H and O–H groups in total. The maximum atomic E-state index is 12.6. The molecule has 1 aliphatic rings. The Labute approximate surface area is 263 Å². The van der Waals surface area contributed by atoms with Gasteiger partial charge in [-0.15, -0.1) is 0 Å². The summed E-state index contributed by atoms with van der Waals surface area (Å²) in [4.78, 5) is 23.4. The number of nitrogens with one attached hydrogen (secondary N) is 4. The number of benzene rings is 3. The highest BCUT2D eigenvalue weighted by atomic mass is 16.5. The predicted molar refractivity (Wildman–Crippen MR) is 179 cm³/mol. The van der Waals surface area contributed by atoms with E-state index in [1.165, 1.54) is 11.9 Å². The Kier molecular flexibility index (Phi) is 9.91. The van der Waals surface area contributed by atoms with Gasteiger partial charge in [-0.2, -0.15) is 0 Å². The minimum atomic E-state index is -0.341. The number of ether oxygens (including phenoxy) is 2. The quantitative estimate of drug-likeness (QED) is 0.140. The average Bonchev–Trinajstić information content (AvgIpc) is 3.02. The van der Waals surface area contributed by atoms with Gasteiger partial charge in [-0.05, 0) is 71.6 Å². The summed E-state index contributed by atoms with van der Waals surface area (Å²) >= 11 is 0. The lowest BCUT2D eigenvalue weighted by Gasteiger charge is -2.26. The highest BCUT2D eigenvalue weighted by Crippen LogP contribution is 2.27. The minimum absolute atomic E-state index is 0.0410. The molecule has 5 rings (SSSR count). The Hall–Kier alpha value is -5.00. The standard InChI is InChI=1S/C34H40N8O3/c1-34(2,3)24-6-8-26(9-7-24)40-33(43)41-27-12-10-25(11-13-27)39-32-29(31(36)37-22-38-32)30(35)23-4-14-28(15-5-23)45-21-18-42-16-19-44-20-17-42/h4-15,22,35H,16-21H2,1-3H3,(H2,40,41,43)(H3,36,37,38,39). The second-order valence-electron chi connectivity index (χ2n) is 11.8. The van der Waals surface area contributed by atoms with Gasteiger partial charge in [0.05, 0.1) is 24.5 Å². The number of aromatic nitrogens is 2. The molecule has 11 nitrogen and oxygen atoms in total. The van der Waals surface area contributed by atoms with Gasteiger partial charge in [0, 0.05) is 42.3 Å². The third-order valence-electron chi connectivity index (χ3n) is 7.46. The number of carbonyl (C=O) groups excluding carboxylic acids is 1. The van der Waals surface area contributed by atoms with E-state index in [2.05, 4.69) is 51.6 Å². The second-order valence-corrected chi connectivity index (χ2v) is 11.8. The molecule has 4 aromatic rings. The molecule has 2 heterocycles. The minimum Gasteiger partial charge on any atom is -0.492 e. The maximum Gasteiger partial charge on any atom is 0.323 e. The summed E-state index contributed by atoms with van der Waals surface area (Å²) in [7, 11) is 0. The SMILES string of the molecule is CC(C)(C)c1ccc(NC(=O)Nc2ccc(Nc3ncnc(N)c3C(=N)c3ccc(OCCN4CCOCC4)cc3)cc2)cc1. The first-order valence-corrected chi connectivity index (χ1v) is 14.9. The molecule has 3 aromatic carbocycles. The van der Waals surface area contributed by atoms with Crippen LogP contribution in [-0.2, 0) is 10.2 Å². The van der Waals surface area contributed by atoms with Crippen LogP contribution in [0.4, 0.5) is 33.5 Å². The van der Waals surface area contributed by atoms with Crippen LogP contribution in [0.1, 0.15) is 37.5 Å². The number of nitrogens with two attached hydrogens (primary N) is 1. The number of carbonyl (C=O) groups is 1. The number of rotatable bonds is 10. The topological polar surface area (TPSA) is 151 Å². The van der Waals surface area contributed by atoms with Crippen LogP contribution in [0.3, 0.4) is 0 Å². The van der Waals surface area contributed by atoms with Crippen molar-refractivity contribution in [3.63, 3.8) is 0 Å². The van der Waals surface area contributed by atoms with Gasteiger partial charge >= 0.3 is 6.03 Å². The smallest absolute Gasteiger partial charge is 0.323 e. The van der Waals surface area contributed by atoms with Crippen LogP contribution in [0.2, 0.25) is 0 Å². The fourth-order valence-corrected chi connectivity index (χ4v) is 4.84. The number of hydrogen-bond donors (Lipinski definition) is 5. The fraction of sp³-hybridized carbons (Fsp3) is 0.294. The molecule has 234 valence electrons. The molecule has 1 aromatic heterocycles. The lowest BCUT2D eigenvalue weighted by Crippen LogP contribution is -2.38. The molecule has 2 amide bonds. The van der Waals surface area contributed by atoms with Crippen LogP contribution in [0.25, 0.3) is 0 Å². The first-order valence-electron chi connectivity index (χ1n) is 14.9. The van der Waals surface area contributed by atoms with Crippen molar-refractivity contribution in [3.05, 3.63) is 95.8 Å². The van der Waals surface area contributed by atoms with Crippen molar-refractivity contribution in [1.29, 1.82) is 5.41 Å². The van der Waals surface area contributed by atoms with Crippen molar-refractivity contribution in [3.8, 4) is 5.75 Å². The fourth-order valence-electron chi connectivity index (χ4n) is 4.84. The van der Waals surface area contributed by atoms with Gasteiger partial charge < -0.3 is 31.2 Å². The van der Waals surface area contributed by atoms with Crippen LogP contribution >= 0.6 is 0 Å². The average molecular weight is 609 g/mol. The number of nitrogen functional groups attached to an aromatic ring is 1. The number of anilines is 5. The van der Waals surface area contributed by atoms with E-state index in [9.17, 15) is 4.79 Å². The highest BCUT2D eigenvalue weighted by Gasteiger charge is 2.17.